The fourth-order valence-corrected chi connectivity index (χ4v) is 2.88. The lowest BCUT2D eigenvalue weighted by Crippen LogP contribution is -2.21. The summed E-state index contributed by atoms with van der Waals surface area (Å²) in [4.78, 5) is 29.6. The summed E-state index contributed by atoms with van der Waals surface area (Å²) in [6.07, 6.45) is 3.00. The van der Waals surface area contributed by atoms with Gasteiger partial charge in [-0.2, -0.15) is 0 Å². The van der Waals surface area contributed by atoms with Crippen molar-refractivity contribution in [3.63, 3.8) is 0 Å². The van der Waals surface area contributed by atoms with E-state index in [2.05, 4.69) is 10.1 Å². The number of carbonyl (C=O) groups is 1. The number of aryl methyl sites for hydroxylation is 2. The zero-order chi connectivity index (χ0) is 19.7. The SMILES string of the molecule is CCn1cc(C(=O)OCc2cc(-c3ccco3)on2)c(=O)c2ccc(C)nc21. The second kappa shape index (κ2) is 7.15. The highest BCUT2D eigenvalue weighted by atomic mass is 16.5. The lowest BCUT2D eigenvalue weighted by Gasteiger charge is -2.10. The molecule has 28 heavy (non-hydrogen) atoms. The van der Waals surface area contributed by atoms with E-state index in [-0.39, 0.29) is 12.2 Å². The van der Waals surface area contributed by atoms with Gasteiger partial charge in [0.05, 0.1) is 11.6 Å². The molecule has 0 radical (unpaired) electrons. The first-order valence-corrected chi connectivity index (χ1v) is 8.74. The van der Waals surface area contributed by atoms with Crippen molar-refractivity contribution in [3.8, 4) is 11.5 Å². The predicted octanol–water partition coefficient (Wildman–Crippen LogP) is 3.33. The molecule has 0 amide bonds. The third-order valence-corrected chi connectivity index (χ3v) is 4.30. The van der Waals surface area contributed by atoms with Crippen LogP contribution >= 0.6 is 0 Å². The zero-order valence-corrected chi connectivity index (χ0v) is 15.3. The van der Waals surface area contributed by atoms with Crippen LogP contribution in [0.1, 0.15) is 28.7 Å². The fourth-order valence-electron chi connectivity index (χ4n) is 2.88. The molecular formula is C20H17N3O5. The van der Waals surface area contributed by atoms with Crippen LogP contribution < -0.4 is 5.43 Å². The van der Waals surface area contributed by atoms with Crippen molar-refractivity contribution in [2.45, 2.75) is 27.0 Å². The van der Waals surface area contributed by atoms with Gasteiger partial charge in [0.25, 0.3) is 0 Å². The number of furan rings is 1. The Hall–Kier alpha value is -3.68. The number of esters is 1. The monoisotopic (exact) mass is 379 g/mol. The summed E-state index contributed by atoms with van der Waals surface area (Å²) in [7, 11) is 0. The van der Waals surface area contributed by atoms with E-state index >= 15 is 0 Å². The largest absolute Gasteiger partial charge is 0.461 e. The highest BCUT2D eigenvalue weighted by molar-refractivity contribution is 5.93. The van der Waals surface area contributed by atoms with Gasteiger partial charge in [0.15, 0.2) is 5.76 Å². The van der Waals surface area contributed by atoms with Gasteiger partial charge in [0, 0.05) is 24.5 Å². The Labute approximate surface area is 159 Å². The van der Waals surface area contributed by atoms with Crippen LogP contribution in [0.2, 0.25) is 0 Å². The van der Waals surface area contributed by atoms with Crippen molar-refractivity contribution in [2.75, 3.05) is 0 Å². The molecule has 0 spiro atoms. The second-order valence-corrected chi connectivity index (χ2v) is 6.22. The third kappa shape index (κ3) is 3.20. The molecule has 8 heteroatoms. The number of carbonyl (C=O) groups excluding carboxylic acids is 1. The summed E-state index contributed by atoms with van der Waals surface area (Å²) in [6, 6.07) is 8.49. The first-order chi connectivity index (χ1) is 13.6. The Balaban J connectivity index is 1.58. The fraction of sp³-hybridized carbons (Fsp3) is 0.200. The third-order valence-electron chi connectivity index (χ3n) is 4.30. The molecule has 0 aliphatic carbocycles. The van der Waals surface area contributed by atoms with Crippen molar-refractivity contribution >= 4 is 17.0 Å². The minimum Gasteiger partial charge on any atom is -0.461 e. The molecule has 4 heterocycles. The minimum absolute atomic E-state index is 0.0465. The van der Waals surface area contributed by atoms with Gasteiger partial charge in [0.1, 0.15) is 23.5 Å². The lowest BCUT2D eigenvalue weighted by atomic mass is 10.2. The van der Waals surface area contributed by atoms with E-state index in [1.807, 2.05) is 13.8 Å². The van der Waals surface area contributed by atoms with Gasteiger partial charge in [-0.15, -0.1) is 0 Å². The number of nitrogens with zero attached hydrogens (tertiary/aromatic N) is 3. The molecule has 0 N–H and O–H groups in total. The van der Waals surface area contributed by atoms with Crippen LogP contribution in [-0.4, -0.2) is 20.7 Å². The molecule has 0 aromatic carbocycles. The summed E-state index contributed by atoms with van der Waals surface area (Å²) in [5.74, 6) is 0.224. The molecule has 0 unspecified atom stereocenters. The van der Waals surface area contributed by atoms with Crippen molar-refractivity contribution < 1.29 is 18.5 Å². The zero-order valence-electron chi connectivity index (χ0n) is 15.3. The van der Waals surface area contributed by atoms with Crippen molar-refractivity contribution in [3.05, 3.63) is 70.0 Å². The van der Waals surface area contributed by atoms with Gasteiger partial charge >= 0.3 is 5.97 Å². The number of pyridine rings is 2. The van der Waals surface area contributed by atoms with E-state index in [4.69, 9.17) is 13.7 Å². The normalized spacial score (nSPS) is 11.1. The van der Waals surface area contributed by atoms with Crippen molar-refractivity contribution in [1.29, 1.82) is 0 Å². The Morgan fingerprint density at radius 1 is 1.25 bits per heavy atom. The topological polar surface area (TPSA) is 100 Å². The van der Waals surface area contributed by atoms with E-state index in [1.165, 1.54) is 12.5 Å². The summed E-state index contributed by atoms with van der Waals surface area (Å²) < 4.78 is 17.4. The van der Waals surface area contributed by atoms with Gasteiger partial charge in [-0.05, 0) is 38.1 Å². The number of fused-ring (bicyclic) bond motifs is 1. The van der Waals surface area contributed by atoms with Crippen LogP contribution in [0.4, 0.5) is 0 Å². The number of ether oxygens (including phenoxy) is 1. The summed E-state index contributed by atoms with van der Waals surface area (Å²) in [5, 5.41) is 4.23. The molecule has 4 rings (SSSR count). The Morgan fingerprint density at radius 3 is 2.86 bits per heavy atom. The quantitative estimate of drug-likeness (QED) is 0.490. The Kier molecular flexibility index (Phi) is 4.52. The van der Waals surface area contributed by atoms with Crippen LogP contribution in [0.3, 0.4) is 0 Å². The van der Waals surface area contributed by atoms with Crippen molar-refractivity contribution in [1.82, 2.24) is 14.7 Å². The van der Waals surface area contributed by atoms with Gasteiger partial charge in [0.2, 0.25) is 11.2 Å². The standard InChI is InChI=1S/C20H17N3O5/c1-3-23-10-15(18(24)14-7-6-12(2)21-19(14)23)20(25)27-11-13-9-17(28-22-13)16-5-4-8-26-16/h4-10H,3,11H2,1-2H3. The predicted molar refractivity (Wildman–Crippen MR) is 99.7 cm³/mol. The molecule has 8 nitrogen and oxygen atoms in total. The van der Waals surface area contributed by atoms with Gasteiger partial charge in [-0.25, -0.2) is 9.78 Å². The highest BCUT2D eigenvalue weighted by Crippen LogP contribution is 2.21. The Morgan fingerprint density at radius 2 is 2.11 bits per heavy atom. The molecule has 0 saturated carbocycles. The van der Waals surface area contributed by atoms with Crippen molar-refractivity contribution in [2.24, 2.45) is 0 Å². The van der Waals surface area contributed by atoms with Crippen LogP contribution in [0.15, 0.2) is 56.5 Å². The van der Waals surface area contributed by atoms with E-state index in [9.17, 15) is 9.59 Å². The summed E-state index contributed by atoms with van der Waals surface area (Å²) in [5.41, 5.74) is 1.29. The Bertz CT molecular complexity index is 1200. The van der Waals surface area contributed by atoms with E-state index in [1.54, 1.807) is 34.9 Å². The van der Waals surface area contributed by atoms with E-state index in [0.717, 1.165) is 5.69 Å². The molecule has 0 bridgehead atoms. The maximum Gasteiger partial charge on any atom is 0.344 e. The molecule has 0 aliphatic heterocycles. The molecule has 4 aromatic rings. The summed E-state index contributed by atoms with van der Waals surface area (Å²) in [6.45, 7) is 4.19. The minimum atomic E-state index is -0.725. The van der Waals surface area contributed by atoms with Crippen LogP contribution in [0, 0.1) is 6.92 Å². The molecule has 0 saturated heterocycles. The summed E-state index contributed by atoms with van der Waals surface area (Å²) >= 11 is 0. The molecule has 0 fully saturated rings. The van der Waals surface area contributed by atoms with Crippen LogP contribution in [0.5, 0.6) is 0 Å². The first kappa shape index (κ1) is 17.7. The van der Waals surface area contributed by atoms with Gasteiger partial charge < -0.3 is 18.2 Å². The number of rotatable bonds is 5. The lowest BCUT2D eigenvalue weighted by molar-refractivity contribution is 0.0462. The van der Waals surface area contributed by atoms with Gasteiger partial charge in [-0.3, -0.25) is 4.79 Å². The second-order valence-electron chi connectivity index (χ2n) is 6.22. The smallest absolute Gasteiger partial charge is 0.344 e. The average molecular weight is 379 g/mol. The maximum absolute atomic E-state index is 12.7. The molecule has 0 atom stereocenters. The number of hydrogen-bond donors (Lipinski definition) is 0. The van der Waals surface area contributed by atoms with E-state index in [0.29, 0.717) is 34.8 Å². The maximum atomic E-state index is 12.7. The number of hydrogen-bond acceptors (Lipinski definition) is 7. The van der Waals surface area contributed by atoms with Crippen LogP contribution in [-0.2, 0) is 17.9 Å². The van der Waals surface area contributed by atoms with Crippen LogP contribution in [0.25, 0.3) is 22.6 Å². The van der Waals surface area contributed by atoms with E-state index < -0.39 is 11.4 Å². The van der Waals surface area contributed by atoms with Gasteiger partial charge in [-0.1, -0.05) is 5.16 Å². The highest BCUT2D eigenvalue weighted by Gasteiger charge is 2.18. The molecular weight excluding hydrogens is 362 g/mol. The molecule has 0 aliphatic rings. The number of aromatic nitrogens is 3. The molecule has 4 aromatic heterocycles. The molecule has 142 valence electrons. The first-order valence-electron chi connectivity index (χ1n) is 8.74. The average Bonchev–Trinajstić information content (AvgIpc) is 3.38.